The third kappa shape index (κ3) is 4.22. The summed E-state index contributed by atoms with van der Waals surface area (Å²) in [4.78, 5) is 2.30. The van der Waals surface area contributed by atoms with E-state index in [9.17, 15) is 0 Å². The molecule has 0 N–H and O–H groups in total. The normalized spacial score (nSPS) is 11.4. The Labute approximate surface area is 109 Å². The highest BCUT2D eigenvalue weighted by Crippen LogP contribution is 2.03. The molecule has 0 aliphatic rings. The summed E-state index contributed by atoms with van der Waals surface area (Å²) in [5, 5.41) is 0. The molecule has 0 spiro atoms. The molecule has 0 atom stereocenters. The average molecular weight is 241 g/mol. The number of hydrogen-bond acceptors (Lipinski definition) is 2. The van der Waals surface area contributed by atoms with Gasteiger partial charge in [-0.3, -0.25) is 0 Å². The van der Waals surface area contributed by atoms with E-state index in [2.05, 4.69) is 48.4 Å². The predicted octanol–water partition coefficient (Wildman–Crippen LogP) is 3.47. The fraction of sp³-hybridized carbons (Fsp3) is 0.250. The second-order valence-electron chi connectivity index (χ2n) is 4.42. The van der Waals surface area contributed by atoms with Crippen molar-refractivity contribution in [3.05, 3.63) is 66.1 Å². The topological polar surface area (TPSA) is 16.4 Å². The highest BCUT2D eigenvalue weighted by atomic mass is 16.3. The molecule has 1 aromatic heterocycles. The first kappa shape index (κ1) is 12.7. The lowest BCUT2D eigenvalue weighted by molar-refractivity contribution is 0.375. The number of likely N-dealkylation sites (N-methyl/N-ethyl adjacent to an activating group) is 1. The fourth-order valence-electron chi connectivity index (χ4n) is 1.79. The van der Waals surface area contributed by atoms with Gasteiger partial charge in [0.1, 0.15) is 5.76 Å². The summed E-state index contributed by atoms with van der Waals surface area (Å²) in [5.41, 5.74) is 1.39. The third-order valence-corrected chi connectivity index (χ3v) is 2.87. The Kier molecular flexibility index (Phi) is 4.79. The smallest absolute Gasteiger partial charge is 0.126 e. The molecule has 94 valence electrons. The van der Waals surface area contributed by atoms with Crippen LogP contribution in [0.1, 0.15) is 11.3 Å². The maximum Gasteiger partial charge on any atom is 0.126 e. The van der Waals surface area contributed by atoms with Crippen molar-refractivity contribution in [2.75, 3.05) is 20.1 Å². The van der Waals surface area contributed by atoms with Gasteiger partial charge in [-0.25, -0.2) is 0 Å². The fourth-order valence-corrected chi connectivity index (χ4v) is 1.79. The van der Waals surface area contributed by atoms with E-state index in [4.69, 9.17) is 4.42 Å². The quantitative estimate of drug-likeness (QED) is 0.770. The van der Waals surface area contributed by atoms with Crippen molar-refractivity contribution >= 4 is 6.08 Å². The van der Waals surface area contributed by atoms with Gasteiger partial charge in [-0.05, 0) is 37.2 Å². The molecule has 0 saturated heterocycles. The van der Waals surface area contributed by atoms with Crippen LogP contribution in [0.15, 0.2) is 59.2 Å². The summed E-state index contributed by atoms with van der Waals surface area (Å²) in [6, 6.07) is 14.4. The summed E-state index contributed by atoms with van der Waals surface area (Å²) >= 11 is 0. The molecule has 2 aromatic rings. The van der Waals surface area contributed by atoms with Crippen LogP contribution in [0.5, 0.6) is 0 Å². The van der Waals surface area contributed by atoms with Gasteiger partial charge < -0.3 is 9.32 Å². The van der Waals surface area contributed by atoms with Crippen LogP contribution in [0.2, 0.25) is 0 Å². The van der Waals surface area contributed by atoms with Gasteiger partial charge >= 0.3 is 0 Å². The molecule has 18 heavy (non-hydrogen) atoms. The zero-order chi connectivity index (χ0) is 12.6. The molecule has 0 fully saturated rings. The maximum atomic E-state index is 5.24. The van der Waals surface area contributed by atoms with E-state index in [1.54, 1.807) is 6.26 Å². The minimum absolute atomic E-state index is 0.909. The molecule has 0 amide bonds. The van der Waals surface area contributed by atoms with Gasteiger partial charge in [0.2, 0.25) is 0 Å². The van der Waals surface area contributed by atoms with Crippen LogP contribution in [0.4, 0.5) is 0 Å². The molecule has 0 aliphatic carbocycles. The highest BCUT2D eigenvalue weighted by Gasteiger charge is 1.97. The summed E-state index contributed by atoms with van der Waals surface area (Å²) in [6.07, 6.45) is 6.92. The minimum Gasteiger partial charge on any atom is -0.465 e. The van der Waals surface area contributed by atoms with E-state index in [1.165, 1.54) is 5.56 Å². The molecular weight excluding hydrogens is 222 g/mol. The third-order valence-electron chi connectivity index (χ3n) is 2.87. The van der Waals surface area contributed by atoms with Gasteiger partial charge in [-0.15, -0.1) is 0 Å². The zero-order valence-electron chi connectivity index (χ0n) is 10.8. The molecule has 0 saturated carbocycles. The van der Waals surface area contributed by atoms with Gasteiger partial charge in [0.05, 0.1) is 6.26 Å². The highest BCUT2D eigenvalue weighted by molar-refractivity contribution is 5.42. The van der Waals surface area contributed by atoms with Crippen molar-refractivity contribution in [2.24, 2.45) is 0 Å². The Morgan fingerprint density at radius 1 is 1.11 bits per heavy atom. The maximum absolute atomic E-state index is 5.24. The standard InChI is InChI=1S/C16H19NO/c1-17(12-5-9-16-10-6-14-18-16)13-11-15-7-3-2-4-8-15/h2-10,14H,11-13H2,1H3/b9-5+. The SMILES string of the molecule is CN(C/C=C/c1ccco1)CCc1ccccc1. The second kappa shape index (κ2) is 6.82. The van der Waals surface area contributed by atoms with Crippen LogP contribution in [-0.2, 0) is 6.42 Å². The van der Waals surface area contributed by atoms with Crippen molar-refractivity contribution in [1.29, 1.82) is 0 Å². The van der Waals surface area contributed by atoms with Crippen LogP contribution in [0.3, 0.4) is 0 Å². The molecule has 0 radical (unpaired) electrons. The van der Waals surface area contributed by atoms with E-state index in [0.29, 0.717) is 0 Å². The lowest BCUT2D eigenvalue weighted by Gasteiger charge is -2.13. The second-order valence-corrected chi connectivity index (χ2v) is 4.42. The molecule has 2 rings (SSSR count). The lowest BCUT2D eigenvalue weighted by Crippen LogP contribution is -2.21. The van der Waals surface area contributed by atoms with Crippen molar-refractivity contribution < 1.29 is 4.42 Å². The Balaban J connectivity index is 1.71. The predicted molar refractivity (Wildman–Crippen MR) is 75.4 cm³/mol. The Bertz CT molecular complexity index is 459. The minimum atomic E-state index is 0.909. The van der Waals surface area contributed by atoms with Crippen LogP contribution >= 0.6 is 0 Å². The Morgan fingerprint density at radius 3 is 2.67 bits per heavy atom. The first-order valence-corrected chi connectivity index (χ1v) is 6.27. The number of furan rings is 1. The van der Waals surface area contributed by atoms with Crippen LogP contribution < -0.4 is 0 Å². The molecular formula is C16H19NO. The summed E-state index contributed by atoms with van der Waals surface area (Å²) < 4.78 is 5.24. The van der Waals surface area contributed by atoms with Gasteiger partial charge in [0.25, 0.3) is 0 Å². The Hall–Kier alpha value is -1.80. The van der Waals surface area contributed by atoms with Crippen LogP contribution in [0.25, 0.3) is 6.08 Å². The summed E-state index contributed by atoms with van der Waals surface area (Å²) in [5.74, 6) is 0.909. The number of nitrogens with zero attached hydrogens (tertiary/aromatic N) is 1. The van der Waals surface area contributed by atoms with Crippen molar-refractivity contribution in [2.45, 2.75) is 6.42 Å². The van der Waals surface area contributed by atoms with E-state index in [1.807, 2.05) is 18.2 Å². The number of benzene rings is 1. The Morgan fingerprint density at radius 2 is 1.94 bits per heavy atom. The monoisotopic (exact) mass is 241 g/mol. The van der Waals surface area contributed by atoms with Crippen LogP contribution in [-0.4, -0.2) is 25.0 Å². The zero-order valence-corrected chi connectivity index (χ0v) is 10.8. The first-order valence-electron chi connectivity index (χ1n) is 6.27. The van der Waals surface area contributed by atoms with Crippen molar-refractivity contribution in [3.63, 3.8) is 0 Å². The van der Waals surface area contributed by atoms with Crippen LogP contribution in [0, 0.1) is 0 Å². The number of rotatable bonds is 6. The van der Waals surface area contributed by atoms with Gasteiger partial charge in [-0.1, -0.05) is 36.4 Å². The van der Waals surface area contributed by atoms with Gasteiger partial charge in [-0.2, -0.15) is 0 Å². The molecule has 0 unspecified atom stereocenters. The molecule has 2 heteroatoms. The van der Waals surface area contributed by atoms with E-state index in [-0.39, 0.29) is 0 Å². The molecule has 0 bridgehead atoms. The average Bonchev–Trinajstić information content (AvgIpc) is 2.91. The molecule has 0 aliphatic heterocycles. The van der Waals surface area contributed by atoms with Gasteiger partial charge in [0, 0.05) is 13.1 Å². The molecule has 1 aromatic carbocycles. The molecule has 2 nitrogen and oxygen atoms in total. The van der Waals surface area contributed by atoms with Crippen molar-refractivity contribution in [1.82, 2.24) is 4.90 Å². The number of hydrogen-bond donors (Lipinski definition) is 0. The van der Waals surface area contributed by atoms with E-state index < -0.39 is 0 Å². The summed E-state index contributed by atoms with van der Waals surface area (Å²) in [7, 11) is 2.13. The first-order chi connectivity index (χ1) is 8.84. The van der Waals surface area contributed by atoms with E-state index >= 15 is 0 Å². The molecule has 1 heterocycles. The lowest BCUT2D eigenvalue weighted by atomic mass is 10.1. The van der Waals surface area contributed by atoms with Gasteiger partial charge in [0.15, 0.2) is 0 Å². The van der Waals surface area contributed by atoms with E-state index in [0.717, 1.165) is 25.3 Å². The largest absolute Gasteiger partial charge is 0.465 e. The van der Waals surface area contributed by atoms with Crippen molar-refractivity contribution in [3.8, 4) is 0 Å². The summed E-state index contributed by atoms with van der Waals surface area (Å²) in [6.45, 7) is 2.00.